The van der Waals surface area contributed by atoms with E-state index < -0.39 is 7.92 Å². The normalized spacial score (nSPS) is 10.1. The molecule has 0 spiro atoms. The summed E-state index contributed by atoms with van der Waals surface area (Å²) < 4.78 is 0. The van der Waals surface area contributed by atoms with Crippen LogP contribution in [0.3, 0.4) is 0 Å². The molecule has 0 bridgehead atoms. The maximum absolute atomic E-state index is 4.85. The van der Waals surface area contributed by atoms with Crippen molar-refractivity contribution in [3.8, 4) is 11.1 Å². The van der Waals surface area contributed by atoms with Crippen molar-refractivity contribution in [1.29, 1.82) is 0 Å². The molecular formula is C38H45Cl2NP2RuS. The Labute approximate surface area is 296 Å². The van der Waals surface area contributed by atoms with Gasteiger partial charge in [0.05, 0.1) is 7.92 Å². The van der Waals surface area contributed by atoms with Crippen molar-refractivity contribution in [1.82, 2.24) is 0 Å². The summed E-state index contributed by atoms with van der Waals surface area (Å²) >= 11 is 1.68. The second-order valence-corrected chi connectivity index (χ2v) is 16.6. The van der Waals surface area contributed by atoms with Crippen LogP contribution in [-0.4, -0.2) is 30.8 Å². The number of rotatable bonds is 12. The number of hydrogen-bond acceptors (Lipinski definition) is 1. The maximum Gasteiger partial charge on any atom is 0.102 e. The van der Waals surface area contributed by atoms with Crippen molar-refractivity contribution in [2.24, 2.45) is 0 Å². The van der Waals surface area contributed by atoms with E-state index in [4.69, 9.17) is 19.4 Å². The first kappa shape index (κ1) is 39.7. The van der Waals surface area contributed by atoms with Gasteiger partial charge in [0.2, 0.25) is 0 Å². The van der Waals surface area contributed by atoms with Gasteiger partial charge in [-0.15, -0.1) is 22.3 Å². The number of thioether (sulfide) groups is 1. The third-order valence-corrected chi connectivity index (χ3v) is 10.4. The molecule has 1 unspecified atom stereocenters. The first-order chi connectivity index (χ1) is 22.2. The Morgan fingerprint density at radius 1 is 0.578 bits per heavy atom. The van der Waals surface area contributed by atoms with Crippen molar-refractivity contribution in [2.75, 3.05) is 30.8 Å². The Balaban J connectivity index is 0.000000237. The van der Waals surface area contributed by atoms with Crippen molar-refractivity contribution >= 4 is 64.2 Å². The van der Waals surface area contributed by atoms with E-state index in [1.807, 2.05) is 23.9 Å². The molecule has 0 fully saturated rings. The van der Waals surface area contributed by atoms with Crippen LogP contribution in [0.15, 0.2) is 152 Å². The van der Waals surface area contributed by atoms with Gasteiger partial charge in [-0.25, -0.2) is 0 Å². The molecule has 0 saturated carbocycles. The summed E-state index contributed by atoms with van der Waals surface area (Å²) in [5, 5.41) is 8.65. The van der Waals surface area contributed by atoms with Crippen molar-refractivity contribution in [3.05, 3.63) is 157 Å². The first-order valence-corrected chi connectivity index (χ1v) is 23.1. The molecular weight excluding hydrogens is 736 g/mol. The van der Waals surface area contributed by atoms with Gasteiger partial charge in [-0.2, -0.15) is 11.8 Å². The molecule has 5 aromatic rings. The van der Waals surface area contributed by atoms with E-state index >= 15 is 0 Å². The quantitative estimate of drug-likeness (QED) is 0.0699. The van der Waals surface area contributed by atoms with Gasteiger partial charge < -0.3 is 5.32 Å². The summed E-state index contributed by atoms with van der Waals surface area (Å²) in [7, 11) is 11.5. The molecule has 0 aliphatic heterocycles. The molecule has 0 aliphatic carbocycles. The molecule has 0 radical (unpaired) electrons. The van der Waals surface area contributed by atoms with Gasteiger partial charge in [0.25, 0.3) is 0 Å². The van der Waals surface area contributed by atoms with Gasteiger partial charge in [0.15, 0.2) is 0 Å². The minimum Gasteiger partial charge on any atom is -0.0622 e. The Bertz CT molecular complexity index is 1200. The van der Waals surface area contributed by atoms with Crippen molar-refractivity contribution in [3.63, 3.8) is 0 Å². The van der Waals surface area contributed by atoms with Crippen LogP contribution < -0.4 is 15.9 Å². The molecule has 5 aromatic carbocycles. The van der Waals surface area contributed by atoms with Crippen LogP contribution in [0.2, 0.25) is 0 Å². The Kier molecular flexibility index (Phi) is 24.3. The molecule has 1 nitrogen and oxygen atoms in total. The summed E-state index contributed by atoms with van der Waals surface area (Å²) in [5.41, 5.74) is 2.55. The number of nitrogens with zero attached hydrogens (tertiary/aromatic N) is 1. The van der Waals surface area contributed by atoms with E-state index in [2.05, 4.69) is 161 Å². The van der Waals surface area contributed by atoms with E-state index in [1.165, 1.54) is 51.4 Å². The van der Waals surface area contributed by atoms with Crippen LogP contribution in [-0.2, 0) is 15.1 Å². The second kappa shape index (κ2) is 27.6. The second-order valence-electron chi connectivity index (χ2n) is 9.68. The van der Waals surface area contributed by atoms with E-state index in [0.29, 0.717) is 0 Å². The summed E-state index contributed by atoms with van der Waals surface area (Å²) in [6.07, 6.45) is 3.78. The predicted molar refractivity (Wildman–Crippen MR) is 210 cm³/mol. The molecule has 0 amide bonds. The van der Waals surface area contributed by atoms with Crippen LogP contribution in [0.25, 0.3) is 16.4 Å². The summed E-state index contributed by atoms with van der Waals surface area (Å²) in [5.74, 6) is 2.53. The Morgan fingerprint density at radius 3 is 1.27 bits per heavy atom. The molecule has 0 aliphatic rings. The molecule has 45 heavy (non-hydrogen) atoms. The zero-order valence-electron chi connectivity index (χ0n) is 25.9. The van der Waals surface area contributed by atoms with Crippen molar-refractivity contribution < 1.29 is 15.1 Å². The standard InChI is InChI=1S/C18H15P.C12H10.C8H19NPS.2ClH.Ru/c1-4-10-16(11-5-1)19(17-12-6-2-7-13-17)18-14-8-3-9-15-18;1-3-7-11(8-4-1)12-9-5-2-6-10-12;1-2-3-7-11-8-5-9-4-6-10;;;/h1-15H;1-10H;2-8,10H2,1H3;2*1H;/q;;-1;;;+2/p-1. The van der Waals surface area contributed by atoms with Crippen LogP contribution >= 0.6 is 48.3 Å². The van der Waals surface area contributed by atoms with E-state index in [1.54, 1.807) is 0 Å². The molecule has 0 heterocycles. The zero-order chi connectivity index (χ0) is 32.2. The molecule has 0 N–H and O–H groups in total. The number of halogens is 2. The Hall–Kier alpha value is -1.53. The van der Waals surface area contributed by atoms with Crippen LogP contribution in [0, 0.1) is 0 Å². The van der Waals surface area contributed by atoms with Gasteiger partial charge in [0, 0.05) is 0 Å². The van der Waals surface area contributed by atoms with Crippen LogP contribution in [0.1, 0.15) is 19.8 Å². The molecule has 0 saturated heterocycles. The third kappa shape index (κ3) is 17.8. The molecule has 0 aromatic heterocycles. The number of hydrogen-bond donors (Lipinski definition) is 0. The minimum absolute atomic E-state index is 0.346. The fourth-order valence-electron chi connectivity index (χ4n) is 4.26. The molecule has 7 heteroatoms. The van der Waals surface area contributed by atoms with Gasteiger partial charge in [-0.05, 0) is 65.5 Å². The largest absolute Gasteiger partial charge is 0.102 e. The average molecular weight is 782 g/mol. The Morgan fingerprint density at radius 2 is 0.933 bits per heavy atom. The maximum atomic E-state index is 4.85. The monoisotopic (exact) mass is 781 g/mol. The summed E-state index contributed by atoms with van der Waals surface area (Å²) in [6, 6.07) is 53.3. The van der Waals surface area contributed by atoms with E-state index in [9.17, 15) is 0 Å². The van der Waals surface area contributed by atoms with Crippen molar-refractivity contribution in [2.45, 2.75) is 19.8 Å². The molecule has 1 atom stereocenters. The van der Waals surface area contributed by atoms with Crippen LogP contribution in [0.5, 0.6) is 0 Å². The zero-order valence-corrected chi connectivity index (χ0v) is 32.1. The fourth-order valence-corrected chi connectivity index (χ4v) is 7.97. The first-order valence-electron chi connectivity index (χ1n) is 15.1. The fraction of sp³-hybridized carbons (Fsp3) is 0.211. The van der Waals surface area contributed by atoms with Gasteiger partial charge in [-0.1, -0.05) is 135 Å². The summed E-state index contributed by atoms with van der Waals surface area (Å²) in [6.45, 7) is 4.29. The molecule has 240 valence electrons. The van der Waals surface area contributed by atoms with Crippen LogP contribution in [0.4, 0.5) is 0 Å². The van der Waals surface area contributed by atoms with Gasteiger partial charge >= 0.3 is 34.5 Å². The minimum atomic E-state index is -0.877. The summed E-state index contributed by atoms with van der Waals surface area (Å²) in [4.78, 5) is 0. The predicted octanol–water partition coefficient (Wildman–Crippen LogP) is 10.7. The van der Waals surface area contributed by atoms with Gasteiger partial charge in [0.1, 0.15) is 15.9 Å². The number of benzene rings is 5. The smallest absolute Gasteiger partial charge is 0.0622 e. The van der Waals surface area contributed by atoms with E-state index in [0.717, 1.165) is 19.3 Å². The number of unbranched alkanes of at least 4 members (excludes halogenated alkanes) is 1. The van der Waals surface area contributed by atoms with Gasteiger partial charge in [-0.3, -0.25) is 0 Å². The molecule has 5 rings (SSSR count). The average Bonchev–Trinajstić information content (AvgIpc) is 3.11. The van der Waals surface area contributed by atoms with E-state index in [-0.39, 0.29) is 15.1 Å². The SMILES string of the molecule is CCCCSCC[N-]CCP.[Cl][Ru][Cl].c1ccc(-c2ccccc2)cc1.c1ccc([PH+](c2ccccc2)c2ccccc2)cc1. The topological polar surface area (TPSA) is 14.1 Å². The third-order valence-electron chi connectivity index (χ3n) is 6.39.